The topological polar surface area (TPSA) is 107 Å². The maximum Gasteiger partial charge on any atom is 0.322 e. The molecular formula is C10H18N2O4S. The monoisotopic (exact) mass is 262 g/mol. The van der Waals surface area contributed by atoms with E-state index in [-0.39, 0.29) is 6.42 Å². The second-order valence-electron chi connectivity index (χ2n) is 4.83. The van der Waals surface area contributed by atoms with Gasteiger partial charge in [-0.25, -0.2) is 8.42 Å². The smallest absolute Gasteiger partial charge is 0.322 e. The van der Waals surface area contributed by atoms with E-state index in [0.29, 0.717) is 0 Å². The number of sulfonamides is 1. The summed E-state index contributed by atoms with van der Waals surface area (Å²) in [5.41, 5.74) is -0.771. The van der Waals surface area contributed by atoms with E-state index in [0.717, 1.165) is 0 Å². The summed E-state index contributed by atoms with van der Waals surface area (Å²) in [4.78, 5) is 11.0. The fourth-order valence-corrected chi connectivity index (χ4v) is 2.75. The average Bonchev–Trinajstić information content (AvgIpc) is 2.13. The zero-order chi connectivity index (χ0) is 13.9. The van der Waals surface area contributed by atoms with Crippen molar-refractivity contribution in [3.8, 4) is 6.07 Å². The first-order valence-electron chi connectivity index (χ1n) is 5.19. The van der Waals surface area contributed by atoms with Gasteiger partial charge in [-0.1, -0.05) is 27.7 Å². The Labute approximate surface area is 102 Å². The van der Waals surface area contributed by atoms with Crippen molar-refractivity contribution in [2.45, 2.75) is 45.4 Å². The summed E-state index contributed by atoms with van der Waals surface area (Å²) in [7, 11) is -3.94. The number of carboxylic acid groups (broad SMARTS) is 1. The lowest BCUT2D eigenvalue weighted by atomic mass is 9.88. The average molecular weight is 262 g/mol. The van der Waals surface area contributed by atoms with Crippen LogP contribution < -0.4 is 4.72 Å². The van der Waals surface area contributed by atoms with E-state index in [1.54, 1.807) is 33.8 Å². The molecule has 98 valence electrons. The minimum absolute atomic E-state index is 0.113. The quantitative estimate of drug-likeness (QED) is 0.758. The number of nitriles is 1. The Morgan fingerprint density at radius 2 is 1.94 bits per heavy atom. The van der Waals surface area contributed by atoms with Crippen molar-refractivity contribution < 1.29 is 18.3 Å². The van der Waals surface area contributed by atoms with Gasteiger partial charge in [0.05, 0.1) is 6.07 Å². The minimum Gasteiger partial charge on any atom is -0.480 e. The molecule has 0 amide bonds. The predicted octanol–water partition coefficient (Wildman–Crippen LogP) is 0.707. The molecule has 0 rings (SSSR count). The fraction of sp³-hybridized carbons (Fsp3) is 0.800. The van der Waals surface area contributed by atoms with Gasteiger partial charge in [-0.05, 0) is 11.8 Å². The van der Waals surface area contributed by atoms with Crippen LogP contribution in [-0.4, -0.2) is 30.8 Å². The molecule has 0 spiro atoms. The van der Waals surface area contributed by atoms with Gasteiger partial charge >= 0.3 is 5.97 Å². The second-order valence-corrected chi connectivity index (χ2v) is 6.72. The van der Waals surface area contributed by atoms with Gasteiger partial charge in [0.25, 0.3) is 0 Å². The third kappa shape index (κ3) is 4.32. The number of aliphatic carboxylic acids is 1. The molecule has 0 aliphatic carbocycles. The number of carboxylic acids is 1. The largest absolute Gasteiger partial charge is 0.480 e. The lowest BCUT2D eigenvalue weighted by Gasteiger charge is -2.28. The first-order valence-corrected chi connectivity index (χ1v) is 6.74. The molecule has 0 saturated carbocycles. The lowest BCUT2D eigenvalue weighted by molar-refractivity contribution is -0.141. The van der Waals surface area contributed by atoms with Gasteiger partial charge in [-0.15, -0.1) is 0 Å². The molecule has 0 heterocycles. The molecule has 0 aliphatic rings. The van der Waals surface area contributed by atoms with E-state index in [9.17, 15) is 13.2 Å². The summed E-state index contributed by atoms with van der Waals surface area (Å²) in [6.45, 7) is 6.39. The molecule has 1 unspecified atom stereocenters. The van der Waals surface area contributed by atoms with Crippen molar-refractivity contribution in [2.75, 3.05) is 0 Å². The summed E-state index contributed by atoms with van der Waals surface area (Å²) >= 11 is 0. The molecule has 0 saturated heterocycles. The van der Waals surface area contributed by atoms with Crippen molar-refractivity contribution in [1.82, 2.24) is 4.72 Å². The van der Waals surface area contributed by atoms with Crippen molar-refractivity contribution >= 4 is 16.0 Å². The highest BCUT2D eigenvalue weighted by Crippen LogP contribution is 2.21. The lowest BCUT2D eigenvalue weighted by Crippen LogP contribution is -2.51. The van der Waals surface area contributed by atoms with Crippen molar-refractivity contribution in [3.63, 3.8) is 0 Å². The third-order valence-electron chi connectivity index (χ3n) is 2.28. The van der Waals surface area contributed by atoms with Gasteiger partial charge in [0.15, 0.2) is 5.25 Å². The summed E-state index contributed by atoms with van der Waals surface area (Å²) < 4.78 is 25.6. The Kier molecular flexibility index (Phi) is 5.11. The molecule has 0 aromatic rings. The van der Waals surface area contributed by atoms with E-state index in [1.807, 2.05) is 0 Å². The van der Waals surface area contributed by atoms with Crippen LogP contribution in [0.5, 0.6) is 0 Å². The molecule has 0 aromatic heterocycles. The highest BCUT2D eigenvalue weighted by atomic mass is 32.2. The summed E-state index contributed by atoms with van der Waals surface area (Å²) in [5.74, 6) is -1.26. The first-order chi connectivity index (χ1) is 7.56. The van der Waals surface area contributed by atoms with Gasteiger partial charge in [0.2, 0.25) is 10.0 Å². The Hall–Kier alpha value is -1.13. The number of nitrogens with zero attached hydrogens (tertiary/aromatic N) is 1. The molecule has 2 N–H and O–H groups in total. The third-order valence-corrected chi connectivity index (χ3v) is 4.04. The van der Waals surface area contributed by atoms with Crippen LogP contribution in [0.15, 0.2) is 0 Å². The van der Waals surface area contributed by atoms with Crippen LogP contribution in [0, 0.1) is 16.7 Å². The number of nitrogens with one attached hydrogen (secondary N) is 1. The van der Waals surface area contributed by atoms with Crippen LogP contribution in [0.1, 0.15) is 34.1 Å². The Balaban J connectivity index is 5.17. The zero-order valence-corrected chi connectivity index (χ0v) is 11.2. The fourth-order valence-electron chi connectivity index (χ4n) is 1.22. The molecule has 6 nitrogen and oxygen atoms in total. The summed E-state index contributed by atoms with van der Waals surface area (Å²) in [6.07, 6.45) is 0.113. The molecule has 0 fully saturated rings. The zero-order valence-electron chi connectivity index (χ0n) is 10.4. The highest BCUT2D eigenvalue weighted by molar-refractivity contribution is 7.90. The number of carbonyl (C=O) groups is 1. The molecule has 2 atom stereocenters. The SMILES string of the molecule is CCC(C#N)S(=O)(=O)N[C@@H](C(=O)O)C(C)(C)C. The highest BCUT2D eigenvalue weighted by Gasteiger charge is 2.37. The Bertz CT molecular complexity index is 417. The van der Waals surface area contributed by atoms with Crippen molar-refractivity contribution in [2.24, 2.45) is 5.41 Å². The van der Waals surface area contributed by atoms with Crippen LogP contribution >= 0.6 is 0 Å². The molecule has 0 aromatic carbocycles. The van der Waals surface area contributed by atoms with Crippen molar-refractivity contribution in [3.05, 3.63) is 0 Å². The van der Waals surface area contributed by atoms with Crippen LogP contribution in [0.4, 0.5) is 0 Å². The first kappa shape index (κ1) is 15.9. The number of rotatable bonds is 5. The van der Waals surface area contributed by atoms with Gasteiger partial charge < -0.3 is 5.11 Å². The maximum absolute atomic E-state index is 11.8. The van der Waals surface area contributed by atoms with Gasteiger partial charge in [-0.2, -0.15) is 9.98 Å². The van der Waals surface area contributed by atoms with E-state index >= 15 is 0 Å². The Morgan fingerprint density at radius 1 is 1.47 bits per heavy atom. The van der Waals surface area contributed by atoms with Crippen LogP contribution in [-0.2, 0) is 14.8 Å². The minimum atomic E-state index is -3.94. The predicted molar refractivity (Wildman–Crippen MR) is 62.6 cm³/mol. The molecule has 0 bridgehead atoms. The standard InChI is InChI=1S/C10H18N2O4S/c1-5-7(6-11)17(15,16)12-8(9(13)14)10(2,3)4/h7-8,12H,5H2,1-4H3,(H,13,14)/t7?,8-/m0/s1. The van der Waals surface area contributed by atoms with Crippen LogP contribution in [0.3, 0.4) is 0 Å². The van der Waals surface area contributed by atoms with E-state index in [2.05, 4.69) is 4.72 Å². The number of hydrogen-bond donors (Lipinski definition) is 2. The molecule has 17 heavy (non-hydrogen) atoms. The Morgan fingerprint density at radius 3 is 2.18 bits per heavy atom. The van der Waals surface area contributed by atoms with Crippen LogP contribution in [0.2, 0.25) is 0 Å². The van der Waals surface area contributed by atoms with E-state index in [4.69, 9.17) is 10.4 Å². The van der Waals surface area contributed by atoms with Gasteiger partial charge in [0, 0.05) is 0 Å². The molecule has 0 aliphatic heterocycles. The van der Waals surface area contributed by atoms with E-state index in [1.165, 1.54) is 0 Å². The normalized spacial score (nSPS) is 15.9. The van der Waals surface area contributed by atoms with Crippen molar-refractivity contribution in [1.29, 1.82) is 5.26 Å². The molecule has 7 heteroatoms. The summed E-state index contributed by atoms with van der Waals surface area (Å²) in [6, 6.07) is 0.390. The second kappa shape index (κ2) is 5.47. The molecule has 0 radical (unpaired) electrons. The van der Waals surface area contributed by atoms with E-state index < -0.39 is 32.7 Å². The van der Waals surface area contributed by atoms with Gasteiger partial charge in [0.1, 0.15) is 6.04 Å². The number of hydrogen-bond acceptors (Lipinski definition) is 4. The maximum atomic E-state index is 11.8. The molecular weight excluding hydrogens is 244 g/mol. The van der Waals surface area contributed by atoms with Crippen LogP contribution in [0.25, 0.3) is 0 Å². The summed E-state index contributed by atoms with van der Waals surface area (Å²) in [5, 5.41) is 16.5. The van der Waals surface area contributed by atoms with Gasteiger partial charge in [-0.3, -0.25) is 4.79 Å².